The molecule has 1 aliphatic heterocycles. The Morgan fingerprint density at radius 1 is 1.25 bits per heavy atom. The molecule has 2 heterocycles. The van der Waals surface area contributed by atoms with Crippen LogP contribution in [-0.2, 0) is 9.53 Å². The molecule has 1 atom stereocenters. The van der Waals surface area contributed by atoms with Gasteiger partial charge in [-0.05, 0) is 49.2 Å². The number of aromatic nitrogens is 1. The van der Waals surface area contributed by atoms with Gasteiger partial charge >= 0.3 is 5.97 Å². The van der Waals surface area contributed by atoms with E-state index in [1.54, 1.807) is 25.5 Å². The Hall–Kier alpha value is -2.97. The molecular weight excluding hydrogens is 492 g/mol. The van der Waals surface area contributed by atoms with Gasteiger partial charge in [-0.3, -0.25) is 9.36 Å². The van der Waals surface area contributed by atoms with Crippen molar-refractivity contribution in [3.8, 4) is 5.75 Å². The van der Waals surface area contributed by atoms with Crippen molar-refractivity contribution >= 4 is 39.3 Å². The molecule has 32 heavy (non-hydrogen) atoms. The van der Waals surface area contributed by atoms with Gasteiger partial charge in [-0.15, -0.1) is 0 Å². The molecule has 4 rings (SSSR count). The first-order chi connectivity index (χ1) is 15.4. The van der Waals surface area contributed by atoms with Crippen molar-refractivity contribution in [1.29, 1.82) is 0 Å². The summed E-state index contributed by atoms with van der Waals surface area (Å²) in [5.41, 5.74) is 2.34. The van der Waals surface area contributed by atoms with Crippen molar-refractivity contribution in [3.63, 3.8) is 0 Å². The first-order valence-electron chi connectivity index (χ1n) is 10.0. The van der Waals surface area contributed by atoms with Crippen LogP contribution in [0, 0.1) is 0 Å². The fraction of sp³-hybridized carbons (Fsp3) is 0.208. The molecule has 0 aliphatic carbocycles. The van der Waals surface area contributed by atoms with Crippen molar-refractivity contribution in [3.05, 3.63) is 95.1 Å². The van der Waals surface area contributed by atoms with E-state index < -0.39 is 12.0 Å². The molecule has 0 spiro atoms. The van der Waals surface area contributed by atoms with E-state index in [1.165, 1.54) is 11.3 Å². The number of thiazole rings is 1. The number of allylic oxidation sites excluding steroid dienone is 1. The fourth-order valence-electron chi connectivity index (χ4n) is 3.64. The molecule has 1 aromatic heterocycles. The summed E-state index contributed by atoms with van der Waals surface area (Å²) in [6, 6.07) is 14.4. The van der Waals surface area contributed by atoms with E-state index in [0.717, 1.165) is 15.6 Å². The topological polar surface area (TPSA) is 69.9 Å². The van der Waals surface area contributed by atoms with Crippen LogP contribution in [0.3, 0.4) is 0 Å². The molecule has 164 valence electrons. The minimum Gasteiger partial charge on any atom is -0.497 e. The van der Waals surface area contributed by atoms with Gasteiger partial charge in [0.15, 0.2) is 4.80 Å². The second-order valence-electron chi connectivity index (χ2n) is 7.10. The maximum absolute atomic E-state index is 13.6. The normalized spacial score (nSPS) is 15.9. The van der Waals surface area contributed by atoms with Gasteiger partial charge in [-0.1, -0.05) is 57.6 Å². The van der Waals surface area contributed by atoms with Crippen LogP contribution in [0.4, 0.5) is 0 Å². The molecular formula is C24H21BrN2O4S. The predicted octanol–water partition coefficient (Wildman–Crippen LogP) is 3.57. The minimum atomic E-state index is -0.609. The number of hydrogen-bond acceptors (Lipinski definition) is 6. The largest absolute Gasteiger partial charge is 0.497 e. The number of rotatable bonds is 5. The number of nitrogens with zero attached hydrogens (tertiary/aromatic N) is 2. The quantitative estimate of drug-likeness (QED) is 0.490. The first kappa shape index (κ1) is 22.2. The molecule has 3 aromatic rings. The van der Waals surface area contributed by atoms with Crippen molar-refractivity contribution in [2.45, 2.75) is 19.9 Å². The Labute approximate surface area is 197 Å². The lowest BCUT2D eigenvalue weighted by molar-refractivity contribution is -0.139. The monoisotopic (exact) mass is 512 g/mol. The Balaban J connectivity index is 1.96. The number of esters is 1. The summed E-state index contributed by atoms with van der Waals surface area (Å²) in [6.45, 7) is 3.77. The van der Waals surface area contributed by atoms with E-state index in [2.05, 4.69) is 20.9 Å². The molecule has 0 radical (unpaired) electrons. The highest BCUT2D eigenvalue weighted by atomic mass is 79.9. The number of ether oxygens (including phenoxy) is 2. The minimum absolute atomic E-state index is 0.216. The van der Waals surface area contributed by atoms with Crippen LogP contribution in [0.5, 0.6) is 5.75 Å². The molecule has 1 aliphatic rings. The van der Waals surface area contributed by atoms with Crippen LogP contribution in [-0.4, -0.2) is 24.3 Å². The van der Waals surface area contributed by atoms with E-state index in [1.807, 2.05) is 54.6 Å². The smallest absolute Gasteiger partial charge is 0.338 e. The van der Waals surface area contributed by atoms with Gasteiger partial charge in [0.2, 0.25) is 0 Å². The highest BCUT2D eigenvalue weighted by Gasteiger charge is 2.33. The molecule has 0 fully saturated rings. The molecule has 0 amide bonds. The number of fused-ring (bicyclic) bond motifs is 1. The summed E-state index contributed by atoms with van der Waals surface area (Å²) in [5, 5.41) is 0. The average Bonchev–Trinajstić information content (AvgIpc) is 3.09. The van der Waals surface area contributed by atoms with Gasteiger partial charge in [-0.25, -0.2) is 9.79 Å². The predicted molar refractivity (Wildman–Crippen MR) is 128 cm³/mol. The van der Waals surface area contributed by atoms with Crippen molar-refractivity contribution < 1.29 is 14.3 Å². The summed E-state index contributed by atoms with van der Waals surface area (Å²) in [6.07, 6.45) is 1.81. The average molecular weight is 513 g/mol. The van der Waals surface area contributed by atoms with Gasteiger partial charge < -0.3 is 9.47 Å². The molecule has 0 bridgehead atoms. The Morgan fingerprint density at radius 3 is 2.69 bits per heavy atom. The molecule has 0 saturated carbocycles. The zero-order valence-corrected chi connectivity index (χ0v) is 20.2. The van der Waals surface area contributed by atoms with Crippen molar-refractivity contribution in [2.24, 2.45) is 4.99 Å². The number of halogens is 1. The van der Waals surface area contributed by atoms with Crippen molar-refractivity contribution in [1.82, 2.24) is 4.57 Å². The zero-order valence-electron chi connectivity index (χ0n) is 17.8. The van der Waals surface area contributed by atoms with Crippen LogP contribution in [0.1, 0.15) is 31.0 Å². The van der Waals surface area contributed by atoms with Gasteiger partial charge in [0.25, 0.3) is 5.56 Å². The SMILES string of the molecule is CCOC(=O)C1=C(C)N=c2s/c(=C\c3cc(OC)ccc3Br)c(=O)n2C1c1ccccc1. The highest BCUT2D eigenvalue weighted by molar-refractivity contribution is 9.10. The van der Waals surface area contributed by atoms with Gasteiger partial charge in [-0.2, -0.15) is 0 Å². The maximum Gasteiger partial charge on any atom is 0.338 e. The van der Waals surface area contributed by atoms with Gasteiger partial charge in [0, 0.05) is 4.47 Å². The zero-order chi connectivity index (χ0) is 22.8. The van der Waals surface area contributed by atoms with E-state index in [4.69, 9.17) is 9.47 Å². The second kappa shape index (κ2) is 9.26. The summed E-state index contributed by atoms with van der Waals surface area (Å²) in [5.74, 6) is 0.224. The van der Waals surface area contributed by atoms with Crippen LogP contribution >= 0.6 is 27.3 Å². The maximum atomic E-state index is 13.6. The summed E-state index contributed by atoms with van der Waals surface area (Å²) in [7, 11) is 1.60. The Bertz CT molecular complexity index is 1390. The van der Waals surface area contributed by atoms with Crippen molar-refractivity contribution in [2.75, 3.05) is 13.7 Å². The van der Waals surface area contributed by atoms with Crippen LogP contribution in [0.25, 0.3) is 6.08 Å². The molecule has 8 heteroatoms. The lowest BCUT2D eigenvalue weighted by Gasteiger charge is -2.24. The molecule has 2 aromatic carbocycles. The molecule has 0 saturated heterocycles. The first-order valence-corrected chi connectivity index (χ1v) is 11.6. The van der Waals surface area contributed by atoms with E-state index >= 15 is 0 Å². The van der Waals surface area contributed by atoms with Gasteiger partial charge in [0.1, 0.15) is 5.75 Å². The van der Waals surface area contributed by atoms with Crippen LogP contribution in [0.15, 0.2) is 74.1 Å². The third kappa shape index (κ3) is 4.08. The summed E-state index contributed by atoms with van der Waals surface area (Å²) in [4.78, 5) is 31.5. The molecule has 0 N–H and O–H groups in total. The lowest BCUT2D eigenvalue weighted by Crippen LogP contribution is -2.39. The van der Waals surface area contributed by atoms with E-state index in [0.29, 0.717) is 26.4 Å². The number of carbonyl (C=O) groups is 1. The molecule has 6 nitrogen and oxygen atoms in total. The van der Waals surface area contributed by atoms with Gasteiger partial charge in [0.05, 0.1) is 35.6 Å². The third-order valence-corrected chi connectivity index (χ3v) is 6.83. The third-order valence-electron chi connectivity index (χ3n) is 5.12. The van der Waals surface area contributed by atoms with E-state index in [9.17, 15) is 9.59 Å². The standard InChI is InChI=1S/C24H21BrN2O4S/c1-4-31-23(29)20-14(2)26-24-27(21(20)15-8-6-5-7-9-15)22(28)19(32-24)13-16-12-17(30-3)10-11-18(16)25/h5-13,21H,4H2,1-3H3/b19-13-. The lowest BCUT2D eigenvalue weighted by atomic mass is 9.96. The Morgan fingerprint density at radius 2 is 2.00 bits per heavy atom. The fourth-order valence-corrected chi connectivity index (χ4v) is 5.04. The summed E-state index contributed by atoms with van der Waals surface area (Å²) >= 11 is 4.82. The van der Waals surface area contributed by atoms with Crippen LogP contribution < -0.4 is 19.6 Å². The van der Waals surface area contributed by atoms with Crippen LogP contribution in [0.2, 0.25) is 0 Å². The molecule has 1 unspecified atom stereocenters. The number of hydrogen-bond donors (Lipinski definition) is 0. The highest BCUT2D eigenvalue weighted by Crippen LogP contribution is 2.30. The number of methoxy groups -OCH3 is 1. The number of carbonyl (C=O) groups excluding carboxylic acids is 1. The Kier molecular flexibility index (Phi) is 6.43. The van der Waals surface area contributed by atoms with E-state index in [-0.39, 0.29) is 12.2 Å². The number of benzene rings is 2. The second-order valence-corrected chi connectivity index (χ2v) is 8.96. The summed E-state index contributed by atoms with van der Waals surface area (Å²) < 4.78 is 13.6.